The van der Waals surface area contributed by atoms with E-state index in [1.165, 1.54) is 100 Å². The molecule has 2 aliphatic rings. The Morgan fingerprint density at radius 2 is 0.684 bits per heavy atom. The van der Waals surface area contributed by atoms with Crippen molar-refractivity contribution in [1.29, 1.82) is 0 Å². The summed E-state index contributed by atoms with van der Waals surface area (Å²) >= 11 is 0. The molecule has 2 saturated carbocycles. The molecule has 2 rings (SSSR count). The van der Waals surface area contributed by atoms with Gasteiger partial charge in [-0.25, -0.2) is 0 Å². The van der Waals surface area contributed by atoms with Gasteiger partial charge in [-0.1, -0.05) is 130 Å². The van der Waals surface area contributed by atoms with Crippen molar-refractivity contribution in [2.45, 2.75) is 155 Å². The molecule has 2 unspecified atom stereocenters. The molecule has 0 aromatic rings. The summed E-state index contributed by atoms with van der Waals surface area (Å²) in [5, 5.41) is 0. The maximum atomic E-state index is 6.43. The van der Waals surface area contributed by atoms with Gasteiger partial charge >= 0.3 is 17.6 Å². The maximum absolute atomic E-state index is 6.43. The van der Waals surface area contributed by atoms with Crippen LogP contribution in [0.15, 0.2) is 0 Å². The fraction of sp³-hybridized carbons (Fsp3) is 1.00. The predicted molar refractivity (Wildman–Crippen MR) is 282 cm³/mol. The Hall–Kier alpha value is 4.04. The van der Waals surface area contributed by atoms with Crippen molar-refractivity contribution < 1.29 is 26.6 Å². The average molecular weight is 1040 g/mol. The van der Waals surface area contributed by atoms with Gasteiger partial charge in [-0.2, -0.15) is 0 Å². The summed E-state index contributed by atoms with van der Waals surface area (Å²) < 4.78 is 38.6. The molecule has 57 heavy (non-hydrogen) atoms. The molecule has 0 spiro atoms. The lowest BCUT2D eigenvalue weighted by atomic mass is 9.80. The first kappa shape index (κ1) is 57.2. The Bertz CT molecular complexity index is 827. The molecule has 2 fully saturated rings. The van der Waals surface area contributed by atoms with Crippen molar-refractivity contribution in [3.05, 3.63) is 0 Å². The highest BCUT2D eigenvalue weighted by molar-refractivity contribution is 9.26. The minimum absolute atomic E-state index is 0.283. The first-order valence-corrected chi connectivity index (χ1v) is 39.4. The SMILES string of the molecule is CCCSSSSC(CC1CCC(CCSSSCCC2CCC(CC(SSSSCCC)[Si](OCC)(OCC)OCC)CC2)CC1)[Si](OCC)(OCC)OCC. The minimum Gasteiger partial charge on any atom is -0.373 e. The van der Waals surface area contributed by atoms with Crippen molar-refractivity contribution in [3.8, 4) is 0 Å². The summed E-state index contributed by atoms with van der Waals surface area (Å²) in [5.41, 5.74) is 0. The average Bonchev–Trinajstić information content (AvgIpc) is 3.21. The van der Waals surface area contributed by atoms with Crippen LogP contribution in [0.2, 0.25) is 0 Å². The van der Waals surface area contributed by atoms with Gasteiger partial charge < -0.3 is 26.6 Å². The van der Waals surface area contributed by atoms with Crippen LogP contribution in [0.4, 0.5) is 0 Å². The molecule has 0 amide bonds. The molecule has 340 valence electrons. The lowest BCUT2D eigenvalue weighted by molar-refractivity contribution is 0.0658. The molecule has 0 aromatic carbocycles. The first-order chi connectivity index (χ1) is 27.9. The largest absolute Gasteiger partial charge is 0.515 e. The lowest BCUT2D eigenvalue weighted by Gasteiger charge is -2.37. The Labute approximate surface area is 395 Å². The molecule has 0 radical (unpaired) electrons. The fourth-order valence-electron chi connectivity index (χ4n) is 7.55. The van der Waals surface area contributed by atoms with Gasteiger partial charge in [-0.15, -0.1) is 0 Å². The van der Waals surface area contributed by atoms with E-state index < -0.39 is 17.6 Å². The lowest BCUT2D eigenvalue weighted by Crippen LogP contribution is -2.55. The molecule has 6 nitrogen and oxygen atoms in total. The van der Waals surface area contributed by atoms with E-state index in [2.05, 4.69) is 77.0 Å². The van der Waals surface area contributed by atoms with E-state index in [9.17, 15) is 0 Å². The molecule has 0 bridgehead atoms. The second kappa shape index (κ2) is 37.2. The van der Waals surface area contributed by atoms with Gasteiger partial charge in [0.2, 0.25) is 0 Å². The van der Waals surface area contributed by atoms with Crippen LogP contribution in [0.5, 0.6) is 0 Å². The second-order valence-corrected chi connectivity index (χ2v) is 37.7. The van der Waals surface area contributed by atoms with Crippen LogP contribution in [0.3, 0.4) is 0 Å². The number of rotatable bonds is 38. The minimum atomic E-state index is -2.78. The van der Waals surface area contributed by atoms with Crippen LogP contribution in [0.1, 0.15) is 145 Å². The Morgan fingerprint density at radius 3 is 0.982 bits per heavy atom. The van der Waals surface area contributed by atoms with E-state index in [0.717, 1.165) is 36.5 Å². The standard InChI is InChI=1S/C38H78O6S11Si2/c1-9-27-45-52-54-49-37(56(39-11-3,40-12-4)41-13-5)31-35-21-17-33(18-22-35)25-29-47-51-48-30-26-34-19-23-36(24-20-34)32-38(50-55-53-46-28-10-2)57(42-14-6,43-15-7)44-16-8/h33-38H,9-32H2,1-8H3. The molecule has 19 heteroatoms. The highest BCUT2D eigenvalue weighted by atomic mass is 33.7. The monoisotopic (exact) mass is 1040 g/mol. The highest BCUT2D eigenvalue weighted by Gasteiger charge is 2.52. The summed E-state index contributed by atoms with van der Waals surface area (Å²) in [6, 6.07) is 0. The molecular formula is C38H78O6S11Si2. The van der Waals surface area contributed by atoms with Gasteiger partial charge in [0.15, 0.2) is 0 Å². The molecule has 2 atom stereocenters. The zero-order valence-electron chi connectivity index (χ0n) is 36.4. The Kier molecular flexibility index (Phi) is 37.3. The smallest absolute Gasteiger partial charge is 0.373 e. The zero-order chi connectivity index (χ0) is 41.5. The topological polar surface area (TPSA) is 55.4 Å². The molecule has 2 aliphatic carbocycles. The third kappa shape index (κ3) is 23.9. The molecule has 0 N–H and O–H groups in total. The van der Waals surface area contributed by atoms with Gasteiger partial charge in [0.25, 0.3) is 0 Å². The summed E-state index contributed by atoms with van der Waals surface area (Å²) in [7, 11) is 16.1. The van der Waals surface area contributed by atoms with E-state index >= 15 is 0 Å². The van der Waals surface area contributed by atoms with Crippen molar-refractivity contribution >= 4 is 132 Å². The van der Waals surface area contributed by atoms with Crippen molar-refractivity contribution in [2.24, 2.45) is 23.7 Å². The van der Waals surface area contributed by atoms with E-state index in [4.69, 9.17) is 26.6 Å². The number of hydrogen-bond acceptors (Lipinski definition) is 17. The first-order valence-electron chi connectivity index (χ1n) is 21.9. The van der Waals surface area contributed by atoms with Gasteiger partial charge in [0.05, 0.1) is 9.75 Å². The predicted octanol–water partition coefficient (Wildman–Crippen LogP) is 16.3. The van der Waals surface area contributed by atoms with Crippen molar-refractivity contribution in [1.82, 2.24) is 0 Å². The van der Waals surface area contributed by atoms with Crippen molar-refractivity contribution in [2.75, 3.05) is 62.7 Å². The van der Waals surface area contributed by atoms with Crippen LogP contribution < -0.4 is 0 Å². The third-order valence-corrected chi connectivity index (χ3v) is 37.6. The fourth-order valence-corrected chi connectivity index (χ4v) is 35.8. The Balaban J connectivity index is 1.71. The summed E-state index contributed by atoms with van der Waals surface area (Å²) in [6.07, 6.45) is 18.2. The molecular weight excluding hydrogens is 961 g/mol. The van der Waals surface area contributed by atoms with E-state index in [1.807, 2.05) is 92.3 Å². The third-order valence-electron chi connectivity index (χ3n) is 10.2. The van der Waals surface area contributed by atoms with Crippen LogP contribution >= 0.6 is 114 Å². The van der Waals surface area contributed by atoms with Gasteiger partial charge in [-0.05, 0) is 153 Å². The van der Waals surface area contributed by atoms with Gasteiger partial charge in [0.1, 0.15) is 0 Å². The summed E-state index contributed by atoms with van der Waals surface area (Å²) in [4.78, 5) is 0.566. The van der Waals surface area contributed by atoms with E-state index in [0.29, 0.717) is 39.6 Å². The van der Waals surface area contributed by atoms with E-state index in [1.54, 1.807) is 0 Å². The van der Waals surface area contributed by atoms with Gasteiger partial charge in [-0.3, -0.25) is 0 Å². The molecule has 0 aromatic heterocycles. The van der Waals surface area contributed by atoms with Crippen LogP contribution in [-0.2, 0) is 26.6 Å². The Morgan fingerprint density at radius 1 is 0.386 bits per heavy atom. The normalized spacial score (nSPS) is 21.9. The zero-order valence-corrected chi connectivity index (χ0v) is 47.4. The maximum Gasteiger partial charge on any atom is 0.515 e. The summed E-state index contributed by atoms with van der Waals surface area (Å²) in [6.45, 7) is 20.9. The molecule has 0 aliphatic heterocycles. The number of hydrogen-bond donors (Lipinski definition) is 0. The van der Waals surface area contributed by atoms with Crippen LogP contribution in [0, 0.1) is 23.7 Å². The van der Waals surface area contributed by atoms with Gasteiger partial charge in [0, 0.05) is 62.7 Å². The molecule has 0 heterocycles. The van der Waals surface area contributed by atoms with E-state index in [-0.39, 0.29) is 9.75 Å². The highest BCUT2D eigenvalue weighted by Crippen LogP contribution is 2.51. The van der Waals surface area contributed by atoms with Crippen molar-refractivity contribution in [3.63, 3.8) is 0 Å². The molecule has 0 saturated heterocycles. The summed E-state index contributed by atoms with van der Waals surface area (Å²) in [5.74, 6) is 8.16. The quantitative estimate of drug-likeness (QED) is 0.0335. The van der Waals surface area contributed by atoms with Crippen LogP contribution in [-0.4, -0.2) is 90.0 Å². The second-order valence-electron chi connectivity index (χ2n) is 14.4. The van der Waals surface area contributed by atoms with Crippen LogP contribution in [0.25, 0.3) is 0 Å².